The zero-order valence-corrected chi connectivity index (χ0v) is 7.60. The molecule has 0 radical (unpaired) electrons. The number of nitrogens with one attached hydrogen (secondary N) is 1. The van der Waals surface area contributed by atoms with Gasteiger partial charge in [0.25, 0.3) is 0 Å². The van der Waals surface area contributed by atoms with Gasteiger partial charge in [-0.2, -0.15) is 5.10 Å². The van der Waals surface area contributed by atoms with Gasteiger partial charge in [-0.05, 0) is 0 Å². The second kappa shape index (κ2) is 3.09. The van der Waals surface area contributed by atoms with Crippen molar-refractivity contribution in [3.05, 3.63) is 12.2 Å². The van der Waals surface area contributed by atoms with Crippen molar-refractivity contribution in [1.82, 2.24) is 25.0 Å². The molecule has 1 aliphatic heterocycles. The number of aryl methyl sites for hydroxylation is 1. The second-order valence-electron chi connectivity index (χ2n) is 2.97. The number of hydrogen-bond donors (Lipinski definition) is 1. The Balaban J connectivity index is 2.10. The summed E-state index contributed by atoms with van der Waals surface area (Å²) in [5.74, 6) is 0.209. The Morgan fingerprint density at radius 1 is 1.57 bits per heavy atom. The fraction of sp³-hybridized carbons (Fsp3) is 0.429. The van der Waals surface area contributed by atoms with Crippen LogP contribution in [0.4, 0.5) is 4.79 Å². The highest BCUT2D eigenvalue weighted by molar-refractivity contribution is 6.01. The summed E-state index contributed by atoms with van der Waals surface area (Å²) in [6.07, 6.45) is 1.52. The van der Waals surface area contributed by atoms with E-state index < -0.39 is 0 Å². The average Bonchev–Trinajstić information content (AvgIpc) is 2.67. The Hall–Kier alpha value is -1.92. The van der Waals surface area contributed by atoms with Crippen LogP contribution in [0.2, 0.25) is 0 Å². The van der Waals surface area contributed by atoms with E-state index in [0.29, 0.717) is 5.82 Å². The van der Waals surface area contributed by atoms with E-state index in [2.05, 4.69) is 15.4 Å². The molecule has 14 heavy (non-hydrogen) atoms. The summed E-state index contributed by atoms with van der Waals surface area (Å²) < 4.78 is 1.52. The van der Waals surface area contributed by atoms with Crippen LogP contribution >= 0.6 is 0 Å². The first-order chi connectivity index (χ1) is 6.66. The minimum Gasteiger partial charge on any atom is -0.329 e. The monoisotopic (exact) mass is 195 g/mol. The molecule has 0 aliphatic carbocycles. The Labute approximate surface area is 79.7 Å². The van der Waals surface area contributed by atoms with Crippen molar-refractivity contribution in [2.24, 2.45) is 7.05 Å². The van der Waals surface area contributed by atoms with Gasteiger partial charge in [0.2, 0.25) is 5.91 Å². The van der Waals surface area contributed by atoms with Crippen LogP contribution in [0.25, 0.3) is 0 Å². The maximum absolute atomic E-state index is 11.2. The lowest BCUT2D eigenvalue weighted by Gasteiger charge is -2.08. The van der Waals surface area contributed by atoms with Crippen molar-refractivity contribution in [1.29, 1.82) is 0 Å². The minimum atomic E-state index is -0.387. The maximum atomic E-state index is 11.2. The van der Waals surface area contributed by atoms with Crippen LogP contribution in [0.1, 0.15) is 5.82 Å². The minimum absolute atomic E-state index is 0.0612. The van der Waals surface area contributed by atoms with E-state index in [4.69, 9.17) is 0 Å². The smallest absolute Gasteiger partial charge is 0.325 e. The molecule has 2 rings (SSSR count). The standard InChI is InChI=1S/C7H9N5O2/c1-11-4-9-5(10-11)3-12-6(13)2-8-7(12)14/h4H,2-3H2,1H3,(H,8,14). The Morgan fingerprint density at radius 2 is 2.36 bits per heavy atom. The summed E-state index contributed by atoms with van der Waals surface area (Å²) >= 11 is 0. The zero-order valence-electron chi connectivity index (χ0n) is 7.60. The van der Waals surface area contributed by atoms with E-state index in [9.17, 15) is 9.59 Å². The number of hydrogen-bond acceptors (Lipinski definition) is 4. The summed E-state index contributed by atoms with van der Waals surface area (Å²) in [6.45, 7) is 0.192. The van der Waals surface area contributed by atoms with E-state index in [0.717, 1.165) is 4.90 Å². The Morgan fingerprint density at radius 3 is 2.86 bits per heavy atom. The molecule has 0 atom stereocenters. The third kappa shape index (κ3) is 1.43. The fourth-order valence-corrected chi connectivity index (χ4v) is 1.21. The van der Waals surface area contributed by atoms with E-state index in [1.165, 1.54) is 11.0 Å². The van der Waals surface area contributed by atoms with Gasteiger partial charge in [0, 0.05) is 7.05 Å². The number of imide groups is 1. The number of carbonyl (C=O) groups excluding carboxylic acids is 2. The van der Waals surface area contributed by atoms with Crippen molar-refractivity contribution < 1.29 is 9.59 Å². The maximum Gasteiger partial charge on any atom is 0.325 e. The van der Waals surface area contributed by atoms with Crippen molar-refractivity contribution in [3.8, 4) is 0 Å². The lowest BCUT2D eigenvalue weighted by Crippen LogP contribution is -2.30. The molecule has 0 aromatic carbocycles. The van der Waals surface area contributed by atoms with Crippen LogP contribution in [0.3, 0.4) is 0 Å². The largest absolute Gasteiger partial charge is 0.329 e. The lowest BCUT2D eigenvalue weighted by molar-refractivity contribution is -0.125. The first-order valence-corrected chi connectivity index (χ1v) is 4.09. The number of aromatic nitrogens is 3. The van der Waals surface area contributed by atoms with Crippen molar-refractivity contribution in [3.63, 3.8) is 0 Å². The summed E-state index contributed by atoms with van der Waals surface area (Å²) in [6, 6.07) is -0.387. The number of amides is 3. The number of nitrogens with zero attached hydrogens (tertiary/aromatic N) is 4. The first-order valence-electron chi connectivity index (χ1n) is 4.09. The van der Waals surface area contributed by atoms with E-state index in [1.807, 2.05) is 0 Å². The Kier molecular flexibility index (Phi) is 1.91. The van der Waals surface area contributed by atoms with Crippen LogP contribution < -0.4 is 5.32 Å². The Bertz CT molecular complexity index is 369. The second-order valence-corrected chi connectivity index (χ2v) is 2.97. The molecular weight excluding hydrogens is 186 g/mol. The fourth-order valence-electron chi connectivity index (χ4n) is 1.21. The van der Waals surface area contributed by atoms with Crippen LogP contribution in [0.15, 0.2) is 6.33 Å². The van der Waals surface area contributed by atoms with E-state index in [1.54, 1.807) is 7.05 Å². The van der Waals surface area contributed by atoms with Gasteiger partial charge in [-0.1, -0.05) is 0 Å². The van der Waals surface area contributed by atoms with Crippen molar-refractivity contribution >= 4 is 11.9 Å². The molecule has 1 saturated heterocycles. The van der Waals surface area contributed by atoms with Gasteiger partial charge >= 0.3 is 6.03 Å². The number of carbonyl (C=O) groups is 2. The number of urea groups is 1. The molecule has 2 heterocycles. The summed E-state index contributed by atoms with van der Waals surface area (Å²) in [7, 11) is 1.72. The van der Waals surface area contributed by atoms with Crippen LogP contribution in [0.5, 0.6) is 0 Å². The lowest BCUT2D eigenvalue weighted by atomic mass is 10.5. The molecule has 0 unspecified atom stereocenters. The highest BCUT2D eigenvalue weighted by atomic mass is 16.2. The normalized spacial score (nSPS) is 16.2. The molecule has 3 amide bonds. The molecule has 1 aromatic rings. The van der Waals surface area contributed by atoms with Gasteiger partial charge in [-0.15, -0.1) is 0 Å². The highest BCUT2D eigenvalue weighted by Gasteiger charge is 2.29. The molecule has 74 valence electrons. The first kappa shape index (κ1) is 8.67. The molecule has 1 N–H and O–H groups in total. The zero-order chi connectivity index (χ0) is 10.1. The van der Waals surface area contributed by atoms with Crippen LogP contribution in [0, 0.1) is 0 Å². The quantitative estimate of drug-likeness (QED) is 0.605. The van der Waals surface area contributed by atoms with E-state index in [-0.39, 0.29) is 25.0 Å². The van der Waals surface area contributed by atoms with Crippen molar-refractivity contribution in [2.75, 3.05) is 6.54 Å². The topological polar surface area (TPSA) is 80.1 Å². The predicted molar refractivity (Wildman–Crippen MR) is 45.0 cm³/mol. The van der Waals surface area contributed by atoms with Gasteiger partial charge in [0.15, 0.2) is 5.82 Å². The molecule has 1 aliphatic rings. The van der Waals surface area contributed by atoms with Gasteiger partial charge in [-0.3, -0.25) is 14.4 Å². The molecule has 1 aromatic heterocycles. The number of rotatable bonds is 2. The van der Waals surface area contributed by atoms with Gasteiger partial charge in [-0.25, -0.2) is 9.78 Å². The van der Waals surface area contributed by atoms with Crippen LogP contribution in [-0.2, 0) is 18.4 Å². The summed E-state index contributed by atoms with van der Waals surface area (Å²) in [5, 5.41) is 6.40. The third-order valence-corrected chi connectivity index (χ3v) is 1.88. The summed E-state index contributed by atoms with van der Waals surface area (Å²) in [5.41, 5.74) is 0. The molecule has 0 saturated carbocycles. The molecule has 0 spiro atoms. The van der Waals surface area contributed by atoms with Crippen molar-refractivity contribution in [2.45, 2.75) is 6.54 Å². The van der Waals surface area contributed by atoms with Gasteiger partial charge in [0.1, 0.15) is 6.33 Å². The average molecular weight is 195 g/mol. The third-order valence-electron chi connectivity index (χ3n) is 1.88. The summed E-state index contributed by atoms with van der Waals surface area (Å²) in [4.78, 5) is 27.3. The van der Waals surface area contributed by atoms with Gasteiger partial charge in [0.05, 0.1) is 13.1 Å². The molecule has 1 fully saturated rings. The predicted octanol–water partition coefficient (Wildman–Crippen LogP) is -1.13. The highest BCUT2D eigenvalue weighted by Crippen LogP contribution is 2.03. The van der Waals surface area contributed by atoms with Gasteiger partial charge < -0.3 is 5.32 Å². The SMILES string of the molecule is Cn1cnc(CN2C(=O)CNC2=O)n1. The van der Waals surface area contributed by atoms with E-state index >= 15 is 0 Å². The molecule has 7 nitrogen and oxygen atoms in total. The molecular formula is C7H9N5O2. The van der Waals surface area contributed by atoms with Crippen LogP contribution in [-0.4, -0.2) is 38.1 Å². The molecule has 7 heteroatoms. The molecule has 0 bridgehead atoms.